The molecule has 0 saturated carbocycles. The highest BCUT2D eigenvalue weighted by atomic mass is 32.2. The van der Waals surface area contributed by atoms with Crippen LogP contribution in [0.3, 0.4) is 0 Å². The molecule has 1 atom stereocenters. The molecule has 142 valence electrons. The lowest BCUT2D eigenvalue weighted by Gasteiger charge is -2.14. The first-order chi connectivity index (χ1) is 12.4. The predicted octanol–water partition coefficient (Wildman–Crippen LogP) is 3.09. The number of alkyl halides is 2. The molecule has 0 aliphatic rings. The number of para-hydroxylation sites is 2. The van der Waals surface area contributed by atoms with E-state index in [1.165, 1.54) is 22.8 Å². The first kappa shape index (κ1) is 20.0. The van der Waals surface area contributed by atoms with Crippen LogP contribution < -0.4 is 15.7 Å². The summed E-state index contributed by atoms with van der Waals surface area (Å²) in [6.45, 7) is 1.16. The molecule has 26 heavy (non-hydrogen) atoms. The number of anilines is 1. The monoisotopic (exact) mass is 386 g/mol. The summed E-state index contributed by atoms with van der Waals surface area (Å²) in [6, 6.07) is 5.94. The Kier molecular flexibility index (Phi) is 7.19. The molecule has 10 heteroatoms. The molecule has 0 saturated heterocycles. The Hall–Kier alpha value is -2.36. The van der Waals surface area contributed by atoms with Crippen LogP contribution in [0.1, 0.15) is 26.7 Å². The van der Waals surface area contributed by atoms with Gasteiger partial charge < -0.3 is 10.1 Å². The van der Waals surface area contributed by atoms with Crippen LogP contribution >= 0.6 is 11.8 Å². The van der Waals surface area contributed by atoms with E-state index in [-0.39, 0.29) is 17.1 Å². The summed E-state index contributed by atoms with van der Waals surface area (Å²) in [5.41, 5.74) is -0.181. The highest BCUT2D eigenvalue weighted by molar-refractivity contribution is 8.00. The summed E-state index contributed by atoms with van der Waals surface area (Å²) in [4.78, 5) is 24.2. The third-order valence-corrected chi connectivity index (χ3v) is 4.56. The predicted molar refractivity (Wildman–Crippen MR) is 94.8 cm³/mol. The zero-order valence-corrected chi connectivity index (χ0v) is 15.2. The molecule has 0 spiro atoms. The van der Waals surface area contributed by atoms with Crippen molar-refractivity contribution in [3.8, 4) is 5.75 Å². The van der Waals surface area contributed by atoms with Crippen molar-refractivity contribution in [2.45, 2.75) is 50.3 Å². The number of thioether (sulfide) groups is 1. The molecule has 0 aliphatic heterocycles. The highest BCUT2D eigenvalue weighted by Gasteiger charge is 2.20. The van der Waals surface area contributed by atoms with Gasteiger partial charge in [-0.25, -0.2) is 9.89 Å². The van der Waals surface area contributed by atoms with Gasteiger partial charge >= 0.3 is 12.3 Å². The first-order valence-corrected chi connectivity index (χ1v) is 8.97. The van der Waals surface area contributed by atoms with Crippen LogP contribution in [0, 0.1) is 0 Å². The lowest BCUT2D eigenvalue weighted by Crippen LogP contribution is -2.24. The Morgan fingerprint density at radius 3 is 2.85 bits per heavy atom. The third kappa shape index (κ3) is 5.32. The lowest BCUT2D eigenvalue weighted by atomic mass is 10.3. The number of nitrogens with one attached hydrogen (secondary N) is 2. The maximum Gasteiger partial charge on any atom is 0.387 e. The number of hydrogen-bond donors (Lipinski definition) is 2. The van der Waals surface area contributed by atoms with Gasteiger partial charge in [0, 0.05) is 6.54 Å². The average molecular weight is 386 g/mol. The number of H-pyrrole nitrogens is 1. The number of benzene rings is 1. The zero-order chi connectivity index (χ0) is 19.1. The van der Waals surface area contributed by atoms with Crippen LogP contribution in [-0.4, -0.2) is 32.5 Å². The van der Waals surface area contributed by atoms with Gasteiger partial charge in [0.1, 0.15) is 5.75 Å². The Bertz CT molecular complexity index is 794. The fourth-order valence-electron chi connectivity index (χ4n) is 2.12. The molecule has 1 unspecified atom stereocenters. The number of aromatic amines is 1. The smallest absolute Gasteiger partial charge is 0.387 e. The van der Waals surface area contributed by atoms with Gasteiger partial charge in [0.2, 0.25) is 5.91 Å². The van der Waals surface area contributed by atoms with E-state index >= 15 is 0 Å². The molecule has 1 amide bonds. The number of unbranched alkanes of at least 4 members (excludes halogenated alkanes) is 1. The first-order valence-electron chi connectivity index (χ1n) is 8.09. The van der Waals surface area contributed by atoms with Crippen molar-refractivity contribution in [1.82, 2.24) is 14.8 Å². The molecule has 1 heterocycles. The van der Waals surface area contributed by atoms with E-state index in [1.54, 1.807) is 13.0 Å². The third-order valence-electron chi connectivity index (χ3n) is 3.47. The topological polar surface area (TPSA) is 89.0 Å². The van der Waals surface area contributed by atoms with Crippen molar-refractivity contribution in [2.75, 3.05) is 5.32 Å². The Morgan fingerprint density at radius 1 is 1.42 bits per heavy atom. The van der Waals surface area contributed by atoms with E-state index in [9.17, 15) is 18.4 Å². The van der Waals surface area contributed by atoms with Gasteiger partial charge in [-0.1, -0.05) is 37.2 Å². The highest BCUT2D eigenvalue weighted by Crippen LogP contribution is 2.27. The normalized spacial score (nSPS) is 12.2. The summed E-state index contributed by atoms with van der Waals surface area (Å²) in [5.74, 6) is -0.537. The molecule has 2 aromatic rings. The largest absolute Gasteiger partial charge is 0.433 e. The number of carbonyl (C=O) groups is 1. The minimum absolute atomic E-state index is 0.118. The van der Waals surface area contributed by atoms with Crippen molar-refractivity contribution >= 4 is 23.4 Å². The summed E-state index contributed by atoms with van der Waals surface area (Å²) >= 11 is 1.11. The van der Waals surface area contributed by atoms with E-state index in [4.69, 9.17) is 0 Å². The van der Waals surface area contributed by atoms with Crippen molar-refractivity contribution in [2.24, 2.45) is 0 Å². The number of rotatable bonds is 9. The van der Waals surface area contributed by atoms with Gasteiger partial charge in [-0.05, 0) is 25.5 Å². The maximum absolute atomic E-state index is 12.4. The van der Waals surface area contributed by atoms with Crippen LogP contribution in [0.2, 0.25) is 0 Å². The molecule has 0 fully saturated rings. The van der Waals surface area contributed by atoms with E-state index < -0.39 is 17.8 Å². The van der Waals surface area contributed by atoms with Crippen LogP contribution in [-0.2, 0) is 11.3 Å². The molecular weight excluding hydrogens is 366 g/mol. The summed E-state index contributed by atoms with van der Waals surface area (Å²) in [5, 5.41) is 8.67. The van der Waals surface area contributed by atoms with Gasteiger partial charge in [0.25, 0.3) is 0 Å². The van der Waals surface area contributed by atoms with Crippen LogP contribution in [0.15, 0.2) is 34.2 Å². The van der Waals surface area contributed by atoms with Gasteiger partial charge in [-0.15, -0.1) is 5.10 Å². The van der Waals surface area contributed by atoms with Gasteiger partial charge in [0.15, 0.2) is 5.16 Å². The number of amides is 1. The maximum atomic E-state index is 12.4. The second-order valence-electron chi connectivity index (χ2n) is 5.44. The number of hydrogen-bond acceptors (Lipinski definition) is 5. The van der Waals surface area contributed by atoms with Crippen LogP contribution in [0.4, 0.5) is 14.5 Å². The molecule has 1 aromatic heterocycles. The molecule has 7 nitrogen and oxygen atoms in total. The van der Waals surface area contributed by atoms with Crippen molar-refractivity contribution in [3.63, 3.8) is 0 Å². The van der Waals surface area contributed by atoms with Gasteiger partial charge in [-0.2, -0.15) is 8.78 Å². The van der Waals surface area contributed by atoms with Gasteiger partial charge in [-0.3, -0.25) is 9.36 Å². The van der Waals surface area contributed by atoms with Crippen LogP contribution in [0.25, 0.3) is 0 Å². The van der Waals surface area contributed by atoms with E-state index in [2.05, 4.69) is 20.3 Å². The Labute approximate surface area is 153 Å². The van der Waals surface area contributed by atoms with E-state index in [0.717, 1.165) is 24.6 Å². The second-order valence-corrected chi connectivity index (χ2v) is 6.75. The minimum atomic E-state index is -2.99. The number of carbonyl (C=O) groups excluding carboxylic acids is 1. The SMILES string of the molecule is CCCCn1c(SC(C)C(=O)Nc2ccccc2OC(F)F)n[nH]c1=O. The van der Waals surface area contributed by atoms with Crippen LogP contribution in [0.5, 0.6) is 5.75 Å². The number of nitrogens with zero attached hydrogens (tertiary/aromatic N) is 2. The lowest BCUT2D eigenvalue weighted by molar-refractivity contribution is -0.115. The molecule has 2 rings (SSSR count). The Morgan fingerprint density at radius 2 is 2.15 bits per heavy atom. The summed E-state index contributed by atoms with van der Waals surface area (Å²) in [6.07, 6.45) is 1.73. The fraction of sp³-hybridized carbons (Fsp3) is 0.438. The molecule has 0 radical (unpaired) electrons. The number of halogens is 2. The Balaban J connectivity index is 2.06. The summed E-state index contributed by atoms with van der Waals surface area (Å²) < 4.78 is 30.8. The van der Waals surface area contributed by atoms with Gasteiger partial charge in [0.05, 0.1) is 10.9 Å². The quantitative estimate of drug-likeness (QED) is 0.647. The molecule has 2 N–H and O–H groups in total. The molecular formula is C16H20F2N4O3S. The zero-order valence-electron chi connectivity index (χ0n) is 14.4. The molecule has 0 bridgehead atoms. The van der Waals surface area contributed by atoms with Crippen molar-refractivity contribution in [1.29, 1.82) is 0 Å². The fourth-order valence-corrected chi connectivity index (χ4v) is 3.00. The standard InChI is InChI=1S/C16H20F2N4O3S/c1-3-4-9-22-15(24)20-21-16(22)26-10(2)13(23)19-11-7-5-6-8-12(11)25-14(17)18/h5-8,10,14H,3-4,9H2,1-2H3,(H,19,23)(H,20,24). The van der Waals surface area contributed by atoms with Crippen molar-refractivity contribution in [3.05, 3.63) is 34.7 Å². The van der Waals surface area contributed by atoms with Crippen molar-refractivity contribution < 1.29 is 18.3 Å². The molecule has 1 aromatic carbocycles. The molecule has 0 aliphatic carbocycles. The minimum Gasteiger partial charge on any atom is -0.433 e. The number of ether oxygens (including phenoxy) is 1. The van der Waals surface area contributed by atoms with E-state index in [0.29, 0.717) is 11.7 Å². The second kappa shape index (κ2) is 9.37. The number of aromatic nitrogens is 3. The van der Waals surface area contributed by atoms with E-state index in [1.807, 2.05) is 6.92 Å². The average Bonchev–Trinajstić information content (AvgIpc) is 2.94. The summed E-state index contributed by atoms with van der Waals surface area (Å²) in [7, 11) is 0.